The van der Waals surface area contributed by atoms with Gasteiger partial charge in [0.2, 0.25) is 0 Å². The topological polar surface area (TPSA) is 68.7 Å². The first kappa shape index (κ1) is 19.6. The summed E-state index contributed by atoms with van der Waals surface area (Å²) >= 11 is 1.34. The van der Waals surface area contributed by atoms with E-state index in [4.69, 9.17) is 9.47 Å². The molecule has 0 aliphatic rings. The van der Waals surface area contributed by atoms with Crippen LogP contribution in [0.4, 0.5) is 0 Å². The molecule has 0 saturated heterocycles. The summed E-state index contributed by atoms with van der Waals surface area (Å²) in [5.74, 6) is 1.39. The van der Waals surface area contributed by atoms with Gasteiger partial charge in [-0.25, -0.2) is 4.98 Å². The predicted octanol–water partition coefficient (Wildman–Crippen LogP) is 5.13. The van der Waals surface area contributed by atoms with Crippen LogP contribution >= 0.6 is 11.3 Å². The molecule has 2 aromatic carbocycles. The minimum atomic E-state index is -0.103. The van der Waals surface area contributed by atoms with Gasteiger partial charge in [0.15, 0.2) is 17.3 Å². The first-order valence-corrected chi connectivity index (χ1v) is 9.63. The highest BCUT2D eigenvalue weighted by atomic mass is 32.1. The molecule has 6 heteroatoms. The van der Waals surface area contributed by atoms with Gasteiger partial charge in [-0.1, -0.05) is 12.1 Å². The number of aromatic nitrogens is 1. The Hall–Kier alpha value is -3.12. The van der Waals surface area contributed by atoms with E-state index in [0.717, 1.165) is 16.1 Å². The van der Waals surface area contributed by atoms with Crippen molar-refractivity contribution in [2.24, 2.45) is 0 Å². The molecule has 3 rings (SSSR count). The number of methoxy groups -OCH3 is 1. The van der Waals surface area contributed by atoms with Crippen LogP contribution in [-0.2, 0) is 0 Å². The van der Waals surface area contributed by atoms with Crippen molar-refractivity contribution in [2.45, 2.75) is 13.8 Å². The standard InChI is InChI=1S/C22H21NO4S/c1-4-27-20-13-15(6-12-19(20)26-3)5-11-18(25)21-14(2)23-22(28-21)16-7-9-17(24)10-8-16/h5-13,24H,4H2,1-3H3/b11-5+. The minimum absolute atomic E-state index is 0.103. The van der Waals surface area contributed by atoms with E-state index in [1.165, 1.54) is 11.3 Å². The van der Waals surface area contributed by atoms with E-state index in [9.17, 15) is 9.90 Å². The number of ketones is 1. The number of phenolic OH excluding ortho intramolecular Hbond substituents is 1. The molecule has 0 bridgehead atoms. The zero-order valence-electron chi connectivity index (χ0n) is 15.9. The van der Waals surface area contributed by atoms with Gasteiger partial charge < -0.3 is 14.6 Å². The molecule has 0 radical (unpaired) electrons. The highest BCUT2D eigenvalue weighted by Gasteiger charge is 2.14. The molecule has 1 N–H and O–H groups in total. The van der Waals surface area contributed by atoms with Gasteiger partial charge in [-0.05, 0) is 61.9 Å². The third kappa shape index (κ3) is 4.40. The number of aromatic hydroxyl groups is 1. The Bertz CT molecular complexity index is 1010. The molecule has 0 unspecified atom stereocenters. The lowest BCUT2D eigenvalue weighted by atomic mass is 10.1. The molecule has 0 fully saturated rings. The molecule has 0 spiro atoms. The van der Waals surface area contributed by atoms with Gasteiger partial charge in [0, 0.05) is 5.56 Å². The Morgan fingerprint density at radius 2 is 1.93 bits per heavy atom. The Morgan fingerprint density at radius 3 is 2.61 bits per heavy atom. The van der Waals surface area contributed by atoms with Crippen LogP contribution in [0.2, 0.25) is 0 Å². The minimum Gasteiger partial charge on any atom is -0.508 e. The van der Waals surface area contributed by atoms with Gasteiger partial charge in [0.1, 0.15) is 10.8 Å². The van der Waals surface area contributed by atoms with Crippen molar-refractivity contribution in [3.8, 4) is 27.8 Å². The van der Waals surface area contributed by atoms with Crippen molar-refractivity contribution in [3.63, 3.8) is 0 Å². The fraction of sp³-hybridized carbons (Fsp3) is 0.182. The number of aryl methyl sites for hydroxylation is 1. The number of carbonyl (C=O) groups excluding carboxylic acids is 1. The van der Waals surface area contributed by atoms with E-state index in [-0.39, 0.29) is 11.5 Å². The normalized spacial score (nSPS) is 11.0. The summed E-state index contributed by atoms with van der Waals surface area (Å²) in [6.07, 6.45) is 3.29. The van der Waals surface area contributed by atoms with Crippen LogP contribution < -0.4 is 9.47 Å². The van der Waals surface area contributed by atoms with Crippen molar-refractivity contribution in [1.29, 1.82) is 0 Å². The smallest absolute Gasteiger partial charge is 0.197 e. The molecule has 28 heavy (non-hydrogen) atoms. The summed E-state index contributed by atoms with van der Waals surface area (Å²) in [5.41, 5.74) is 2.40. The number of rotatable bonds is 7. The monoisotopic (exact) mass is 395 g/mol. The number of nitrogens with zero attached hydrogens (tertiary/aromatic N) is 1. The highest BCUT2D eigenvalue weighted by molar-refractivity contribution is 7.17. The predicted molar refractivity (Wildman–Crippen MR) is 111 cm³/mol. The molecule has 1 heterocycles. The van der Waals surface area contributed by atoms with Crippen LogP contribution in [0.15, 0.2) is 48.5 Å². The number of phenols is 1. The van der Waals surface area contributed by atoms with Crippen molar-refractivity contribution >= 4 is 23.2 Å². The molecule has 144 valence electrons. The number of thiazole rings is 1. The second-order valence-electron chi connectivity index (χ2n) is 6.02. The van der Waals surface area contributed by atoms with Gasteiger partial charge in [-0.2, -0.15) is 0 Å². The van der Waals surface area contributed by atoms with Gasteiger partial charge in [-0.15, -0.1) is 11.3 Å². The van der Waals surface area contributed by atoms with Crippen molar-refractivity contribution in [1.82, 2.24) is 4.98 Å². The lowest BCUT2D eigenvalue weighted by molar-refractivity contribution is 0.105. The lowest BCUT2D eigenvalue weighted by Crippen LogP contribution is -1.96. The fourth-order valence-electron chi connectivity index (χ4n) is 2.67. The molecule has 0 aliphatic heterocycles. The average molecular weight is 395 g/mol. The number of hydrogen-bond acceptors (Lipinski definition) is 6. The summed E-state index contributed by atoms with van der Waals surface area (Å²) in [6, 6.07) is 12.3. The van der Waals surface area contributed by atoms with Crippen LogP contribution in [0.3, 0.4) is 0 Å². The van der Waals surface area contributed by atoms with E-state index in [1.807, 2.05) is 32.0 Å². The van der Waals surface area contributed by atoms with E-state index in [2.05, 4.69) is 4.98 Å². The van der Waals surface area contributed by atoms with Gasteiger partial charge in [0.25, 0.3) is 0 Å². The molecular formula is C22H21NO4S. The van der Waals surface area contributed by atoms with E-state index in [1.54, 1.807) is 43.5 Å². The second kappa shape index (κ2) is 8.71. The Labute approximate surface area is 167 Å². The van der Waals surface area contributed by atoms with Crippen LogP contribution in [0, 0.1) is 6.92 Å². The van der Waals surface area contributed by atoms with E-state index < -0.39 is 0 Å². The fourth-order valence-corrected chi connectivity index (χ4v) is 3.66. The quantitative estimate of drug-likeness (QED) is 0.444. The summed E-state index contributed by atoms with van der Waals surface area (Å²) < 4.78 is 10.8. The van der Waals surface area contributed by atoms with Gasteiger partial charge in [-0.3, -0.25) is 4.79 Å². The Morgan fingerprint density at radius 1 is 1.18 bits per heavy atom. The van der Waals surface area contributed by atoms with Crippen molar-refractivity contribution in [2.75, 3.05) is 13.7 Å². The zero-order chi connectivity index (χ0) is 20.1. The van der Waals surface area contributed by atoms with E-state index in [0.29, 0.717) is 28.7 Å². The number of allylic oxidation sites excluding steroid dienone is 1. The molecule has 5 nitrogen and oxygen atoms in total. The summed E-state index contributed by atoms with van der Waals surface area (Å²) in [6.45, 7) is 4.26. The number of benzene rings is 2. The zero-order valence-corrected chi connectivity index (χ0v) is 16.7. The van der Waals surface area contributed by atoms with Crippen LogP contribution in [0.5, 0.6) is 17.2 Å². The van der Waals surface area contributed by atoms with Crippen LogP contribution in [-0.4, -0.2) is 29.6 Å². The van der Waals surface area contributed by atoms with Crippen molar-refractivity contribution < 1.29 is 19.4 Å². The summed E-state index contributed by atoms with van der Waals surface area (Å²) in [5, 5.41) is 10.2. The van der Waals surface area contributed by atoms with Gasteiger partial charge >= 0.3 is 0 Å². The Balaban J connectivity index is 1.81. The SMILES string of the molecule is CCOc1cc(/C=C/C(=O)c2sc(-c3ccc(O)cc3)nc2C)ccc1OC. The molecule has 0 atom stereocenters. The number of carbonyl (C=O) groups is 1. The first-order valence-electron chi connectivity index (χ1n) is 8.82. The second-order valence-corrected chi connectivity index (χ2v) is 7.02. The summed E-state index contributed by atoms with van der Waals surface area (Å²) in [7, 11) is 1.59. The van der Waals surface area contributed by atoms with Crippen LogP contribution in [0.1, 0.15) is 27.9 Å². The number of ether oxygens (including phenoxy) is 2. The van der Waals surface area contributed by atoms with Crippen LogP contribution in [0.25, 0.3) is 16.6 Å². The molecule has 0 amide bonds. The summed E-state index contributed by atoms with van der Waals surface area (Å²) in [4.78, 5) is 17.7. The number of hydrogen-bond donors (Lipinski definition) is 1. The molecular weight excluding hydrogens is 374 g/mol. The maximum atomic E-state index is 12.7. The third-order valence-electron chi connectivity index (χ3n) is 4.05. The third-order valence-corrected chi connectivity index (χ3v) is 5.27. The highest BCUT2D eigenvalue weighted by Crippen LogP contribution is 2.31. The average Bonchev–Trinajstić information content (AvgIpc) is 3.09. The molecule has 0 aliphatic carbocycles. The largest absolute Gasteiger partial charge is 0.508 e. The van der Waals surface area contributed by atoms with Crippen molar-refractivity contribution in [3.05, 3.63) is 64.7 Å². The molecule has 1 aromatic heterocycles. The lowest BCUT2D eigenvalue weighted by Gasteiger charge is -2.09. The molecule has 3 aromatic rings. The van der Waals surface area contributed by atoms with E-state index >= 15 is 0 Å². The van der Waals surface area contributed by atoms with Gasteiger partial charge in [0.05, 0.1) is 24.3 Å². The molecule has 0 saturated carbocycles. The maximum absolute atomic E-state index is 12.7. The Kier molecular flexibility index (Phi) is 6.11. The maximum Gasteiger partial charge on any atom is 0.197 e. The first-order chi connectivity index (χ1) is 13.5.